The van der Waals surface area contributed by atoms with Crippen molar-refractivity contribution in [2.45, 2.75) is 30.4 Å². The Hall–Kier alpha value is -0.870. The number of hydrogen-bond donors (Lipinski definition) is 1. The van der Waals surface area contributed by atoms with Crippen LogP contribution in [0.5, 0.6) is 0 Å². The molecule has 0 spiro atoms. The van der Waals surface area contributed by atoms with Crippen molar-refractivity contribution in [3.63, 3.8) is 0 Å². The van der Waals surface area contributed by atoms with E-state index in [0.717, 1.165) is 24.1 Å². The Morgan fingerprint density at radius 2 is 2.06 bits per heavy atom. The SMILES string of the molecule is Cc1ccc(C)c(S(=O)(=O)C2CCNC2)c1. The molecular formula is C12H17NO2S. The predicted octanol–water partition coefficient (Wildman–Crippen LogP) is 1.44. The third-order valence-corrected chi connectivity index (χ3v) is 5.44. The molecule has 1 aliphatic heterocycles. The van der Waals surface area contributed by atoms with Crippen molar-refractivity contribution in [1.82, 2.24) is 5.32 Å². The monoisotopic (exact) mass is 239 g/mol. The maximum atomic E-state index is 12.4. The number of benzene rings is 1. The standard InChI is InChI=1S/C12H17NO2S/c1-9-3-4-10(2)12(7-9)16(14,15)11-5-6-13-8-11/h3-4,7,11,13H,5-6,8H2,1-2H3. The van der Waals surface area contributed by atoms with Gasteiger partial charge in [0.1, 0.15) is 0 Å². The van der Waals surface area contributed by atoms with Crippen LogP contribution in [-0.4, -0.2) is 26.8 Å². The summed E-state index contributed by atoms with van der Waals surface area (Å²) in [6, 6.07) is 5.61. The van der Waals surface area contributed by atoms with Crippen LogP contribution in [0, 0.1) is 13.8 Å². The summed E-state index contributed by atoms with van der Waals surface area (Å²) in [5, 5.41) is 2.85. The van der Waals surface area contributed by atoms with Crippen molar-refractivity contribution in [3.8, 4) is 0 Å². The lowest BCUT2D eigenvalue weighted by Gasteiger charge is -2.13. The summed E-state index contributed by atoms with van der Waals surface area (Å²) in [5.41, 5.74) is 1.84. The molecule has 0 aliphatic carbocycles. The highest BCUT2D eigenvalue weighted by molar-refractivity contribution is 7.92. The van der Waals surface area contributed by atoms with E-state index in [9.17, 15) is 8.42 Å². The molecule has 4 heteroatoms. The maximum Gasteiger partial charge on any atom is 0.182 e. The molecule has 16 heavy (non-hydrogen) atoms. The number of sulfone groups is 1. The van der Waals surface area contributed by atoms with Crippen molar-refractivity contribution in [2.75, 3.05) is 13.1 Å². The highest BCUT2D eigenvalue weighted by Crippen LogP contribution is 2.24. The van der Waals surface area contributed by atoms with Gasteiger partial charge in [-0.2, -0.15) is 0 Å². The molecule has 88 valence electrons. The zero-order valence-electron chi connectivity index (χ0n) is 9.66. The van der Waals surface area contributed by atoms with Gasteiger partial charge in [-0.15, -0.1) is 0 Å². The number of rotatable bonds is 2. The van der Waals surface area contributed by atoms with Crippen LogP contribution in [-0.2, 0) is 9.84 Å². The first-order valence-electron chi connectivity index (χ1n) is 5.53. The van der Waals surface area contributed by atoms with Gasteiger partial charge in [-0.3, -0.25) is 0 Å². The first kappa shape index (κ1) is 11.6. The molecule has 0 amide bonds. The third kappa shape index (κ3) is 1.99. The average molecular weight is 239 g/mol. The minimum absolute atomic E-state index is 0.256. The number of aryl methyl sites for hydroxylation is 2. The second-order valence-electron chi connectivity index (χ2n) is 4.43. The van der Waals surface area contributed by atoms with Gasteiger partial charge in [0.15, 0.2) is 9.84 Å². The molecule has 0 aromatic heterocycles. The molecule has 1 heterocycles. The van der Waals surface area contributed by atoms with Crippen LogP contribution in [0.15, 0.2) is 23.1 Å². The van der Waals surface area contributed by atoms with Crippen LogP contribution in [0.3, 0.4) is 0 Å². The fourth-order valence-corrected chi connectivity index (χ4v) is 4.08. The topological polar surface area (TPSA) is 46.2 Å². The van der Waals surface area contributed by atoms with Crippen LogP contribution < -0.4 is 5.32 Å². The van der Waals surface area contributed by atoms with Gasteiger partial charge in [-0.25, -0.2) is 8.42 Å². The van der Waals surface area contributed by atoms with E-state index >= 15 is 0 Å². The average Bonchev–Trinajstić information content (AvgIpc) is 2.75. The summed E-state index contributed by atoms with van der Waals surface area (Å²) < 4.78 is 24.7. The largest absolute Gasteiger partial charge is 0.315 e. The van der Waals surface area contributed by atoms with E-state index in [1.54, 1.807) is 6.07 Å². The van der Waals surface area contributed by atoms with Crippen molar-refractivity contribution in [1.29, 1.82) is 0 Å². The molecule has 0 radical (unpaired) electrons. The first-order chi connectivity index (χ1) is 7.51. The van der Waals surface area contributed by atoms with E-state index in [4.69, 9.17) is 0 Å². The van der Waals surface area contributed by atoms with Gasteiger partial charge in [-0.1, -0.05) is 12.1 Å². The Morgan fingerprint density at radius 3 is 2.69 bits per heavy atom. The van der Waals surface area contributed by atoms with Crippen LogP contribution in [0.1, 0.15) is 17.5 Å². The van der Waals surface area contributed by atoms with Crippen LogP contribution in [0.25, 0.3) is 0 Å². The summed E-state index contributed by atoms with van der Waals surface area (Å²) in [6.45, 7) is 5.16. The fourth-order valence-electron chi connectivity index (χ4n) is 2.09. The Kier molecular flexibility index (Phi) is 3.04. The Labute approximate surface area is 96.8 Å². The van der Waals surface area contributed by atoms with E-state index in [2.05, 4.69) is 5.32 Å². The molecular weight excluding hydrogens is 222 g/mol. The fraction of sp³-hybridized carbons (Fsp3) is 0.500. The van der Waals surface area contributed by atoms with Crippen molar-refractivity contribution in [2.24, 2.45) is 0 Å². The molecule has 1 aromatic rings. The molecule has 1 aliphatic rings. The Balaban J connectivity index is 2.46. The predicted molar refractivity (Wildman–Crippen MR) is 64.4 cm³/mol. The van der Waals surface area contributed by atoms with Crippen molar-refractivity contribution in [3.05, 3.63) is 29.3 Å². The molecule has 1 aromatic carbocycles. The molecule has 3 nitrogen and oxygen atoms in total. The summed E-state index contributed by atoms with van der Waals surface area (Å²) in [7, 11) is -3.15. The minimum Gasteiger partial charge on any atom is -0.315 e. The molecule has 1 atom stereocenters. The second kappa shape index (κ2) is 4.18. The molecule has 1 fully saturated rings. The van der Waals surface area contributed by atoms with E-state index < -0.39 is 9.84 Å². The molecule has 0 bridgehead atoms. The molecule has 1 saturated heterocycles. The minimum atomic E-state index is -3.15. The number of nitrogens with one attached hydrogen (secondary N) is 1. The second-order valence-corrected chi connectivity index (χ2v) is 6.63. The van der Waals surface area contributed by atoms with E-state index in [1.165, 1.54) is 0 Å². The quantitative estimate of drug-likeness (QED) is 0.849. The zero-order valence-corrected chi connectivity index (χ0v) is 10.5. The Morgan fingerprint density at radius 1 is 1.31 bits per heavy atom. The molecule has 1 N–H and O–H groups in total. The van der Waals surface area contributed by atoms with E-state index in [1.807, 2.05) is 26.0 Å². The smallest absolute Gasteiger partial charge is 0.182 e. The lowest BCUT2D eigenvalue weighted by Crippen LogP contribution is -2.24. The van der Waals surface area contributed by atoms with Gasteiger partial charge in [0.2, 0.25) is 0 Å². The van der Waals surface area contributed by atoms with Crippen molar-refractivity contribution >= 4 is 9.84 Å². The van der Waals surface area contributed by atoms with Crippen LogP contribution >= 0.6 is 0 Å². The molecule has 1 unspecified atom stereocenters. The highest BCUT2D eigenvalue weighted by Gasteiger charge is 2.31. The van der Waals surface area contributed by atoms with E-state index in [-0.39, 0.29) is 5.25 Å². The van der Waals surface area contributed by atoms with Crippen molar-refractivity contribution < 1.29 is 8.42 Å². The molecule has 0 saturated carbocycles. The van der Waals surface area contributed by atoms with Gasteiger partial charge in [-0.05, 0) is 44.0 Å². The lowest BCUT2D eigenvalue weighted by atomic mass is 10.2. The summed E-state index contributed by atoms with van der Waals surface area (Å²) in [5.74, 6) is 0. The van der Waals surface area contributed by atoms with Crippen LogP contribution in [0.4, 0.5) is 0 Å². The first-order valence-corrected chi connectivity index (χ1v) is 7.08. The highest BCUT2D eigenvalue weighted by atomic mass is 32.2. The van der Waals surface area contributed by atoms with Gasteiger partial charge < -0.3 is 5.32 Å². The summed E-state index contributed by atoms with van der Waals surface area (Å²) in [6.07, 6.45) is 0.718. The van der Waals surface area contributed by atoms with Gasteiger partial charge >= 0.3 is 0 Å². The summed E-state index contributed by atoms with van der Waals surface area (Å²) in [4.78, 5) is 0.501. The normalized spacial score (nSPS) is 21.2. The lowest BCUT2D eigenvalue weighted by molar-refractivity contribution is 0.582. The van der Waals surface area contributed by atoms with Crippen LogP contribution in [0.2, 0.25) is 0 Å². The number of hydrogen-bond acceptors (Lipinski definition) is 3. The molecule has 2 rings (SSSR count). The maximum absolute atomic E-state index is 12.4. The van der Waals surface area contributed by atoms with Gasteiger partial charge in [0, 0.05) is 6.54 Å². The van der Waals surface area contributed by atoms with E-state index in [0.29, 0.717) is 11.4 Å². The van der Waals surface area contributed by atoms with Gasteiger partial charge in [0.25, 0.3) is 0 Å². The van der Waals surface area contributed by atoms with Gasteiger partial charge in [0.05, 0.1) is 10.1 Å². The summed E-state index contributed by atoms with van der Waals surface area (Å²) >= 11 is 0. The zero-order chi connectivity index (χ0) is 11.8. The third-order valence-electron chi connectivity index (χ3n) is 3.10. The Bertz CT molecular complexity index is 488.